The lowest BCUT2D eigenvalue weighted by atomic mass is 10.0. The molecule has 0 fully saturated rings. The highest BCUT2D eigenvalue weighted by molar-refractivity contribution is 5.88. The summed E-state index contributed by atoms with van der Waals surface area (Å²) in [5, 5.41) is 24.2. The quantitative estimate of drug-likeness (QED) is 0.659. The van der Waals surface area contributed by atoms with Crippen LogP contribution < -0.4 is 0 Å². The molecule has 1 aliphatic carbocycles. The van der Waals surface area contributed by atoms with Gasteiger partial charge in [0.25, 0.3) is 0 Å². The first-order valence-corrected chi connectivity index (χ1v) is 9.08. The van der Waals surface area contributed by atoms with Crippen molar-refractivity contribution in [2.24, 2.45) is 0 Å². The van der Waals surface area contributed by atoms with Gasteiger partial charge in [0, 0.05) is 17.5 Å². The molecule has 1 unspecified atom stereocenters. The molecule has 0 amide bonds. The van der Waals surface area contributed by atoms with Crippen molar-refractivity contribution in [2.45, 2.75) is 32.0 Å². The highest BCUT2D eigenvalue weighted by Crippen LogP contribution is 2.31. The molecule has 0 spiro atoms. The fourth-order valence-electron chi connectivity index (χ4n) is 3.26. The number of allylic oxidation sites excluding steroid dienone is 1. The third-order valence-corrected chi connectivity index (χ3v) is 4.72. The number of carboxylic acid groups (broad SMARTS) is 1. The van der Waals surface area contributed by atoms with E-state index in [-0.39, 0.29) is 24.5 Å². The molecule has 1 atom stereocenters. The number of aromatic carboxylic acids is 1. The van der Waals surface area contributed by atoms with Gasteiger partial charge in [-0.05, 0) is 36.6 Å². The summed E-state index contributed by atoms with van der Waals surface area (Å²) in [4.78, 5) is 10.8. The van der Waals surface area contributed by atoms with Gasteiger partial charge in [-0.3, -0.25) is 0 Å². The van der Waals surface area contributed by atoms with Gasteiger partial charge < -0.3 is 5.11 Å². The van der Waals surface area contributed by atoms with Gasteiger partial charge in [-0.25, -0.2) is 18.3 Å². The third-order valence-electron chi connectivity index (χ3n) is 4.72. The van der Waals surface area contributed by atoms with E-state index in [1.54, 1.807) is 18.2 Å². The molecule has 2 heterocycles. The van der Waals surface area contributed by atoms with E-state index in [4.69, 9.17) is 5.11 Å². The Kier molecular flexibility index (Phi) is 5.11. The molecule has 1 aliphatic rings. The number of alkyl halides is 1. The van der Waals surface area contributed by atoms with Crippen LogP contribution in [-0.4, -0.2) is 42.4 Å². The number of carbonyl (C=O) groups is 1. The summed E-state index contributed by atoms with van der Waals surface area (Å²) < 4.78 is 29.4. The van der Waals surface area contributed by atoms with Crippen LogP contribution in [0, 0.1) is 5.82 Å². The summed E-state index contributed by atoms with van der Waals surface area (Å²) in [6, 6.07) is 8.44. The van der Waals surface area contributed by atoms with Crippen LogP contribution >= 0.6 is 0 Å². The van der Waals surface area contributed by atoms with Crippen molar-refractivity contribution in [3.8, 4) is 0 Å². The van der Waals surface area contributed by atoms with Gasteiger partial charge in [0.15, 0.2) is 5.69 Å². The highest BCUT2D eigenvalue weighted by Gasteiger charge is 2.19. The second-order valence-corrected chi connectivity index (χ2v) is 6.83. The molecular weight excluding hydrogens is 380 g/mol. The molecule has 29 heavy (non-hydrogen) atoms. The molecule has 9 heteroatoms. The van der Waals surface area contributed by atoms with Crippen molar-refractivity contribution in [2.75, 3.05) is 0 Å². The number of benzene rings is 1. The number of rotatable bonds is 7. The Labute approximate surface area is 164 Å². The topological polar surface area (TPSA) is 93.8 Å². The van der Waals surface area contributed by atoms with Crippen LogP contribution in [0.4, 0.5) is 8.78 Å². The highest BCUT2D eigenvalue weighted by atomic mass is 19.1. The van der Waals surface area contributed by atoms with Gasteiger partial charge in [-0.1, -0.05) is 23.4 Å². The molecular formula is C20H17F2N5O2. The van der Waals surface area contributed by atoms with Gasteiger partial charge in [-0.15, -0.1) is 5.10 Å². The lowest BCUT2D eigenvalue weighted by molar-refractivity contribution is 0.0690. The average molecular weight is 397 g/mol. The molecule has 0 saturated heterocycles. The maximum Gasteiger partial charge on any atom is 0.358 e. The first-order chi connectivity index (χ1) is 14.0. The van der Waals surface area contributed by atoms with Crippen LogP contribution in [-0.2, 0) is 19.4 Å². The summed E-state index contributed by atoms with van der Waals surface area (Å²) in [5.41, 5.74) is 3.44. The number of aromatic nitrogens is 5. The van der Waals surface area contributed by atoms with Crippen LogP contribution in [0.15, 0.2) is 36.5 Å². The van der Waals surface area contributed by atoms with E-state index in [0.29, 0.717) is 24.1 Å². The van der Waals surface area contributed by atoms with E-state index in [1.807, 2.05) is 12.1 Å². The maximum absolute atomic E-state index is 14.2. The Morgan fingerprint density at radius 2 is 2.07 bits per heavy atom. The minimum absolute atomic E-state index is 0.0873. The summed E-state index contributed by atoms with van der Waals surface area (Å²) in [5.74, 6) is -1.48. The molecule has 0 aliphatic heterocycles. The number of aryl methyl sites for hydroxylation is 1. The lowest BCUT2D eigenvalue weighted by Crippen LogP contribution is -2.13. The molecule has 4 rings (SSSR count). The molecule has 0 radical (unpaired) electrons. The molecule has 0 bridgehead atoms. The van der Waals surface area contributed by atoms with E-state index in [9.17, 15) is 13.6 Å². The van der Waals surface area contributed by atoms with Crippen molar-refractivity contribution in [1.82, 2.24) is 25.2 Å². The number of halogens is 2. The minimum atomic E-state index is -1.24. The number of fused-ring (bicyclic) bond motifs is 1. The van der Waals surface area contributed by atoms with Gasteiger partial charge in [-0.2, -0.15) is 10.2 Å². The first-order valence-electron chi connectivity index (χ1n) is 9.08. The lowest BCUT2D eigenvalue weighted by Gasteiger charge is -2.07. The number of nitrogens with zero attached hydrogens (tertiary/aromatic N) is 5. The van der Waals surface area contributed by atoms with Gasteiger partial charge >= 0.3 is 5.97 Å². The van der Waals surface area contributed by atoms with E-state index in [2.05, 4.69) is 20.5 Å². The predicted octanol–water partition coefficient (Wildman–Crippen LogP) is 2.97. The van der Waals surface area contributed by atoms with Crippen molar-refractivity contribution in [3.05, 3.63) is 70.6 Å². The normalized spacial score (nSPS) is 13.8. The van der Waals surface area contributed by atoms with Crippen molar-refractivity contribution in [1.29, 1.82) is 0 Å². The van der Waals surface area contributed by atoms with Crippen molar-refractivity contribution >= 4 is 17.6 Å². The zero-order chi connectivity index (χ0) is 20.4. The zero-order valence-corrected chi connectivity index (χ0v) is 15.3. The second-order valence-electron chi connectivity index (χ2n) is 6.83. The van der Waals surface area contributed by atoms with Gasteiger partial charge in [0.05, 0.1) is 24.1 Å². The van der Waals surface area contributed by atoms with Gasteiger partial charge in [0.2, 0.25) is 0 Å². The Bertz CT molecular complexity index is 1100. The van der Waals surface area contributed by atoms with Crippen LogP contribution in [0.1, 0.15) is 39.4 Å². The van der Waals surface area contributed by atoms with Crippen molar-refractivity contribution in [3.63, 3.8) is 0 Å². The van der Waals surface area contributed by atoms with E-state index < -0.39 is 12.1 Å². The summed E-state index contributed by atoms with van der Waals surface area (Å²) >= 11 is 0. The van der Waals surface area contributed by atoms with Crippen LogP contribution in [0.25, 0.3) is 11.6 Å². The molecule has 148 valence electrons. The molecule has 1 aromatic carbocycles. The molecule has 3 aromatic rings. The molecule has 7 nitrogen and oxygen atoms in total. The average Bonchev–Trinajstić information content (AvgIpc) is 3.33. The smallest absolute Gasteiger partial charge is 0.358 e. The Morgan fingerprint density at radius 3 is 2.83 bits per heavy atom. The zero-order valence-electron chi connectivity index (χ0n) is 15.3. The molecule has 0 saturated carbocycles. The molecule has 2 aromatic heterocycles. The summed E-state index contributed by atoms with van der Waals surface area (Å²) in [6.07, 6.45) is 2.90. The second kappa shape index (κ2) is 7.86. The predicted molar refractivity (Wildman–Crippen MR) is 100 cm³/mol. The molecule has 1 N–H and O–H groups in total. The Balaban J connectivity index is 1.39. The standard InChI is InChI=1S/C20H17F2N5O2/c21-14(10-27-11-19(20(28)29)25-26-27)5-6-15-8-13-7-12(9-18(13)24-23-15)16-3-1-2-4-17(16)22/h1-4,7-8,11,14H,5-6,9-10H2,(H,28,29). The largest absolute Gasteiger partial charge is 0.476 e. The number of carboxylic acids is 1. The van der Waals surface area contributed by atoms with E-state index >= 15 is 0 Å². The fraction of sp³-hybridized carbons (Fsp3) is 0.250. The number of hydrogen-bond donors (Lipinski definition) is 1. The van der Waals surface area contributed by atoms with Crippen LogP contribution in [0.2, 0.25) is 0 Å². The van der Waals surface area contributed by atoms with Gasteiger partial charge in [0.1, 0.15) is 12.0 Å². The minimum Gasteiger partial charge on any atom is -0.476 e. The monoisotopic (exact) mass is 397 g/mol. The summed E-state index contributed by atoms with van der Waals surface area (Å²) in [7, 11) is 0. The first kappa shape index (κ1) is 18.9. The van der Waals surface area contributed by atoms with Crippen LogP contribution in [0.5, 0.6) is 0 Å². The van der Waals surface area contributed by atoms with E-state index in [0.717, 1.165) is 16.8 Å². The Hall–Kier alpha value is -3.49. The fourth-order valence-corrected chi connectivity index (χ4v) is 3.26. The Morgan fingerprint density at radius 1 is 1.24 bits per heavy atom. The van der Waals surface area contributed by atoms with Crippen molar-refractivity contribution < 1.29 is 18.7 Å². The maximum atomic E-state index is 14.2. The number of hydrogen-bond acceptors (Lipinski definition) is 5. The van der Waals surface area contributed by atoms with E-state index in [1.165, 1.54) is 16.9 Å². The van der Waals surface area contributed by atoms with Crippen LogP contribution in [0.3, 0.4) is 0 Å². The third kappa shape index (κ3) is 4.18. The summed E-state index contributed by atoms with van der Waals surface area (Å²) in [6.45, 7) is -0.0873. The SMILES string of the molecule is O=C(O)c1cn(CC(F)CCc2cc3c(nn2)CC(c2ccccc2F)=C3)nn1.